The predicted molar refractivity (Wildman–Crippen MR) is 167 cm³/mol. The Balaban J connectivity index is 1.56. The molecule has 2 bridgehead atoms. The standard InChI is InChI=1S/C32H41ClFN3O5S/c1-21-7-11-28(34)30(20-41-3)37-15-13-27(37)18-36-14-5-4-6-23-16-26(33)10-8-25(23)19-42-31-12-9-24(17-29(31)36)32(38)35-43(39,40)22(21)2/h8-12,16-17,21-22,27,30H,4-7,13-15,18-20H2,1-3H3,(H,35,38)/b28-11-/t21-,22+,27-,30-/m0/s1. The molecule has 4 atom stereocenters. The molecule has 8 nitrogen and oxygen atoms in total. The SMILES string of the molecule is COC[C@H]1/C(F)=C/C[C@H](C)[C@@H](C)S(=O)(=O)NC(=O)c2ccc3c(c2)N(CCCCc2cc(Cl)ccc2CO3)C[C@@H]2CCN21. The first-order chi connectivity index (χ1) is 20.6. The third-order valence-electron chi connectivity index (χ3n) is 9.11. The van der Waals surface area contributed by atoms with Gasteiger partial charge in [-0.05, 0) is 86.4 Å². The molecule has 3 aliphatic heterocycles. The van der Waals surface area contributed by atoms with E-state index < -0.39 is 33.1 Å². The molecule has 11 heteroatoms. The second-order valence-electron chi connectivity index (χ2n) is 11.9. The summed E-state index contributed by atoms with van der Waals surface area (Å²) in [5, 5.41) is -0.231. The van der Waals surface area contributed by atoms with Crippen molar-refractivity contribution in [2.24, 2.45) is 5.92 Å². The number of carbonyl (C=O) groups is 1. The minimum atomic E-state index is -4.03. The Morgan fingerprint density at radius 2 is 1.93 bits per heavy atom. The lowest BCUT2D eigenvalue weighted by atomic mass is 9.96. The van der Waals surface area contributed by atoms with Gasteiger partial charge >= 0.3 is 0 Å². The molecule has 0 unspecified atom stereocenters. The number of benzene rings is 2. The van der Waals surface area contributed by atoms with E-state index in [1.807, 2.05) is 18.2 Å². The fourth-order valence-electron chi connectivity index (χ4n) is 6.11. The Kier molecular flexibility index (Phi) is 10.0. The molecule has 0 saturated carbocycles. The van der Waals surface area contributed by atoms with Crippen LogP contribution in [0.4, 0.5) is 10.1 Å². The average molecular weight is 634 g/mol. The molecular weight excluding hydrogens is 593 g/mol. The summed E-state index contributed by atoms with van der Waals surface area (Å²) < 4.78 is 56.2. The minimum absolute atomic E-state index is 0.0652. The number of rotatable bonds is 2. The van der Waals surface area contributed by atoms with Crippen molar-refractivity contribution in [3.63, 3.8) is 0 Å². The summed E-state index contributed by atoms with van der Waals surface area (Å²) in [6.45, 7) is 5.83. The molecule has 234 valence electrons. The number of hydrogen-bond donors (Lipinski definition) is 1. The van der Waals surface area contributed by atoms with Gasteiger partial charge in [-0.3, -0.25) is 9.69 Å². The zero-order valence-electron chi connectivity index (χ0n) is 25.0. The molecule has 0 aromatic heterocycles. The van der Waals surface area contributed by atoms with Crippen molar-refractivity contribution in [3.05, 3.63) is 70.0 Å². The first-order valence-corrected chi connectivity index (χ1v) is 16.9. The number of hydrogen-bond acceptors (Lipinski definition) is 7. The van der Waals surface area contributed by atoms with Gasteiger partial charge in [-0.15, -0.1) is 0 Å². The maximum atomic E-state index is 15.7. The van der Waals surface area contributed by atoms with Crippen molar-refractivity contribution in [2.45, 2.75) is 69.9 Å². The van der Waals surface area contributed by atoms with Gasteiger partial charge < -0.3 is 14.4 Å². The number of halogens is 2. The molecule has 0 radical (unpaired) electrons. The Hall–Kier alpha value is -2.66. The van der Waals surface area contributed by atoms with Gasteiger partial charge in [0.1, 0.15) is 18.2 Å². The molecule has 1 fully saturated rings. The zero-order valence-corrected chi connectivity index (χ0v) is 26.6. The van der Waals surface area contributed by atoms with Gasteiger partial charge in [-0.25, -0.2) is 17.5 Å². The van der Waals surface area contributed by atoms with Crippen molar-refractivity contribution >= 4 is 33.2 Å². The molecule has 2 aromatic rings. The van der Waals surface area contributed by atoms with Crippen LogP contribution in [-0.4, -0.2) is 69.9 Å². The molecule has 5 rings (SSSR count). The highest BCUT2D eigenvalue weighted by Crippen LogP contribution is 2.35. The summed E-state index contributed by atoms with van der Waals surface area (Å²) in [7, 11) is -2.46. The molecular formula is C32H41ClFN3O5S. The highest BCUT2D eigenvalue weighted by molar-refractivity contribution is 7.90. The number of amides is 1. The zero-order chi connectivity index (χ0) is 30.7. The van der Waals surface area contributed by atoms with Gasteiger partial charge in [0.05, 0.1) is 23.6 Å². The third-order valence-corrected chi connectivity index (χ3v) is 11.3. The summed E-state index contributed by atoms with van der Waals surface area (Å²) in [4.78, 5) is 17.7. The molecule has 1 N–H and O–H groups in total. The van der Waals surface area contributed by atoms with E-state index in [0.29, 0.717) is 36.2 Å². The molecule has 0 aliphatic carbocycles. The smallest absolute Gasteiger partial charge is 0.264 e. The van der Waals surface area contributed by atoms with E-state index in [9.17, 15) is 13.2 Å². The van der Waals surface area contributed by atoms with E-state index in [1.54, 1.807) is 39.2 Å². The quantitative estimate of drug-likeness (QED) is 0.468. The van der Waals surface area contributed by atoms with E-state index in [-0.39, 0.29) is 30.5 Å². The molecule has 2 aromatic carbocycles. The highest BCUT2D eigenvalue weighted by atomic mass is 35.5. The van der Waals surface area contributed by atoms with Crippen LogP contribution in [0.1, 0.15) is 61.0 Å². The van der Waals surface area contributed by atoms with Gasteiger partial charge in [-0.2, -0.15) is 0 Å². The summed E-state index contributed by atoms with van der Waals surface area (Å²) in [6, 6.07) is 10.4. The number of nitrogens with one attached hydrogen (secondary N) is 1. The number of anilines is 1. The van der Waals surface area contributed by atoms with Crippen LogP contribution in [0.5, 0.6) is 5.75 Å². The summed E-state index contributed by atoms with van der Waals surface area (Å²) in [5.41, 5.74) is 3.14. The first kappa shape index (κ1) is 31.8. The van der Waals surface area contributed by atoms with Crippen LogP contribution >= 0.6 is 11.6 Å². The molecule has 1 saturated heterocycles. The van der Waals surface area contributed by atoms with Crippen LogP contribution < -0.4 is 14.4 Å². The number of allylic oxidation sites excluding steroid dienone is 1. The number of carbonyl (C=O) groups excluding carboxylic acids is 1. The van der Waals surface area contributed by atoms with Gasteiger partial charge in [0.15, 0.2) is 0 Å². The number of aryl methyl sites for hydroxylation is 1. The number of methoxy groups -OCH3 is 1. The van der Waals surface area contributed by atoms with Crippen molar-refractivity contribution in [1.29, 1.82) is 0 Å². The Morgan fingerprint density at radius 1 is 1.12 bits per heavy atom. The average Bonchev–Trinajstić information content (AvgIpc) is 2.99. The van der Waals surface area contributed by atoms with E-state index in [2.05, 4.69) is 14.5 Å². The third kappa shape index (κ3) is 7.19. The second-order valence-corrected chi connectivity index (χ2v) is 14.4. The van der Waals surface area contributed by atoms with Crippen molar-refractivity contribution in [2.75, 3.05) is 38.3 Å². The Morgan fingerprint density at radius 3 is 2.67 bits per heavy atom. The van der Waals surface area contributed by atoms with Crippen LogP contribution in [0.15, 0.2) is 48.3 Å². The summed E-state index contributed by atoms with van der Waals surface area (Å²) in [6.07, 6.45) is 5.24. The van der Waals surface area contributed by atoms with Crippen LogP contribution in [0.25, 0.3) is 0 Å². The molecule has 43 heavy (non-hydrogen) atoms. The lowest BCUT2D eigenvalue weighted by Crippen LogP contribution is -2.59. The topological polar surface area (TPSA) is 88.2 Å². The maximum absolute atomic E-state index is 15.7. The normalized spacial score (nSPS) is 28.1. The fraction of sp³-hybridized carbons (Fsp3) is 0.531. The van der Waals surface area contributed by atoms with Crippen LogP contribution in [-0.2, 0) is 27.8 Å². The summed E-state index contributed by atoms with van der Waals surface area (Å²) >= 11 is 6.30. The van der Waals surface area contributed by atoms with Crippen molar-refractivity contribution in [1.82, 2.24) is 9.62 Å². The lowest BCUT2D eigenvalue weighted by molar-refractivity contribution is 0.0120. The Labute approximate surface area is 259 Å². The monoisotopic (exact) mass is 633 g/mol. The van der Waals surface area contributed by atoms with Gasteiger partial charge in [0.2, 0.25) is 10.0 Å². The minimum Gasteiger partial charge on any atom is -0.487 e. The predicted octanol–water partition coefficient (Wildman–Crippen LogP) is 5.49. The van der Waals surface area contributed by atoms with Gasteiger partial charge in [0, 0.05) is 43.4 Å². The van der Waals surface area contributed by atoms with Crippen molar-refractivity contribution in [3.8, 4) is 5.75 Å². The largest absolute Gasteiger partial charge is 0.487 e. The molecule has 3 aliphatic rings. The highest BCUT2D eigenvalue weighted by Gasteiger charge is 2.38. The number of nitrogens with zero attached hydrogens (tertiary/aromatic N) is 2. The van der Waals surface area contributed by atoms with Crippen molar-refractivity contribution < 1.29 is 27.1 Å². The maximum Gasteiger partial charge on any atom is 0.264 e. The lowest BCUT2D eigenvalue weighted by Gasteiger charge is -2.47. The van der Waals surface area contributed by atoms with Crippen LogP contribution in [0.3, 0.4) is 0 Å². The van der Waals surface area contributed by atoms with E-state index >= 15 is 4.39 Å². The fourth-order valence-corrected chi connectivity index (χ4v) is 7.59. The van der Waals surface area contributed by atoms with Gasteiger partial charge in [-0.1, -0.05) is 30.7 Å². The molecule has 0 spiro atoms. The summed E-state index contributed by atoms with van der Waals surface area (Å²) in [5.74, 6) is -0.849. The number of ether oxygens (including phenoxy) is 2. The van der Waals surface area contributed by atoms with Crippen LogP contribution in [0.2, 0.25) is 5.02 Å². The van der Waals surface area contributed by atoms with Crippen LogP contribution in [0, 0.1) is 5.92 Å². The first-order valence-electron chi connectivity index (χ1n) is 15.0. The Bertz CT molecular complexity index is 1470. The number of sulfonamides is 1. The molecule has 3 heterocycles. The van der Waals surface area contributed by atoms with E-state index in [0.717, 1.165) is 43.4 Å². The van der Waals surface area contributed by atoms with E-state index in [4.69, 9.17) is 21.1 Å². The molecule has 1 amide bonds. The van der Waals surface area contributed by atoms with E-state index in [1.165, 1.54) is 6.08 Å². The van der Waals surface area contributed by atoms with Gasteiger partial charge in [0.25, 0.3) is 5.91 Å². The number of fused-ring (bicyclic) bond motifs is 3. The second kappa shape index (κ2) is 13.5.